The Bertz CT molecular complexity index is 570. The lowest BCUT2D eigenvalue weighted by molar-refractivity contribution is 0.251. The first-order valence-corrected chi connectivity index (χ1v) is 7.09. The van der Waals surface area contributed by atoms with Crippen molar-refractivity contribution in [1.82, 2.24) is 20.1 Å². The molecule has 0 aliphatic heterocycles. The third-order valence-corrected chi connectivity index (χ3v) is 3.12. The van der Waals surface area contributed by atoms with Crippen molar-refractivity contribution in [2.45, 2.75) is 19.9 Å². The lowest BCUT2D eigenvalue weighted by Gasteiger charge is -2.09. The Labute approximate surface area is 125 Å². The summed E-state index contributed by atoms with van der Waals surface area (Å²) < 4.78 is 2.72. The van der Waals surface area contributed by atoms with Gasteiger partial charge in [0.05, 0.1) is 0 Å². The lowest BCUT2D eigenvalue weighted by atomic mass is 10.3. The molecule has 0 saturated heterocycles. The molecule has 20 heavy (non-hydrogen) atoms. The van der Waals surface area contributed by atoms with Gasteiger partial charge in [0, 0.05) is 36.2 Å². The van der Waals surface area contributed by atoms with E-state index in [9.17, 15) is 4.79 Å². The highest BCUT2D eigenvalue weighted by Crippen LogP contribution is 2.16. The molecular formula is C13H16BrN5O. The number of pyridine rings is 1. The van der Waals surface area contributed by atoms with Crippen LogP contribution in [-0.4, -0.2) is 27.3 Å². The van der Waals surface area contributed by atoms with Gasteiger partial charge in [0.2, 0.25) is 0 Å². The van der Waals surface area contributed by atoms with E-state index in [-0.39, 0.29) is 6.03 Å². The molecule has 7 heteroatoms. The first kappa shape index (κ1) is 14.5. The quantitative estimate of drug-likeness (QED) is 0.823. The van der Waals surface area contributed by atoms with Crippen LogP contribution < -0.4 is 10.6 Å². The van der Waals surface area contributed by atoms with Crippen LogP contribution in [0.5, 0.6) is 0 Å². The molecule has 2 aromatic rings. The number of nitrogens with zero attached hydrogens (tertiary/aromatic N) is 3. The van der Waals surface area contributed by atoms with Gasteiger partial charge in [-0.1, -0.05) is 0 Å². The second-order valence-corrected chi connectivity index (χ2v) is 5.24. The van der Waals surface area contributed by atoms with Gasteiger partial charge in [0.15, 0.2) is 0 Å². The van der Waals surface area contributed by atoms with Gasteiger partial charge in [-0.2, -0.15) is 5.10 Å². The molecule has 0 radical (unpaired) electrons. The summed E-state index contributed by atoms with van der Waals surface area (Å²) >= 11 is 3.33. The van der Waals surface area contributed by atoms with Gasteiger partial charge in [-0.25, -0.2) is 9.78 Å². The Morgan fingerprint density at radius 3 is 3.05 bits per heavy atom. The SMILES string of the molecule is Cc1cc(Br)cnc1NC(=O)NCCCn1cccn1. The molecule has 0 fully saturated rings. The molecular weight excluding hydrogens is 322 g/mol. The molecule has 0 atom stereocenters. The number of amides is 2. The molecule has 0 aliphatic rings. The van der Waals surface area contributed by atoms with Crippen LogP contribution in [0.3, 0.4) is 0 Å². The van der Waals surface area contributed by atoms with Crippen LogP contribution in [0.1, 0.15) is 12.0 Å². The van der Waals surface area contributed by atoms with E-state index in [1.807, 2.05) is 29.9 Å². The van der Waals surface area contributed by atoms with Crippen molar-refractivity contribution >= 4 is 27.8 Å². The predicted octanol–water partition coefficient (Wildman–Crippen LogP) is 2.56. The Kier molecular flexibility index (Phi) is 5.11. The number of hydrogen-bond acceptors (Lipinski definition) is 3. The Balaban J connectivity index is 1.72. The van der Waals surface area contributed by atoms with Gasteiger partial charge in [0.1, 0.15) is 5.82 Å². The van der Waals surface area contributed by atoms with E-state index in [1.165, 1.54) is 0 Å². The van der Waals surface area contributed by atoms with Crippen LogP contribution in [0.25, 0.3) is 0 Å². The predicted molar refractivity (Wildman–Crippen MR) is 80.5 cm³/mol. The van der Waals surface area contributed by atoms with E-state index in [4.69, 9.17) is 0 Å². The number of carbonyl (C=O) groups excluding carboxylic acids is 1. The number of nitrogens with one attached hydrogen (secondary N) is 2. The van der Waals surface area contributed by atoms with Gasteiger partial charge in [-0.3, -0.25) is 10.00 Å². The molecule has 0 aromatic carbocycles. The molecule has 2 aromatic heterocycles. The van der Waals surface area contributed by atoms with Crippen molar-refractivity contribution in [3.63, 3.8) is 0 Å². The van der Waals surface area contributed by atoms with E-state index in [0.29, 0.717) is 12.4 Å². The number of urea groups is 1. The molecule has 0 spiro atoms. The number of anilines is 1. The lowest BCUT2D eigenvalue weighted by Crippen LogP contribution is -2.30. The number of rotatable bonds is 5. The normalized spacial score (nSPS) is 10.3. The van der Waals surface area contributed by atoms with E-state index < -0.39 is 0 Å². The van der Waals surface area contributed by atoms with Crippen LogP contribution >= 0.6 is 15.9 Å². The number of carbonyl (C=O) groups is 1. The number of halogens is 1. The minimum atomic E-state index is -0.247. The van der Waals surface area contributed by atoms with Gasteiger partial charge >= 0.3 is 6.03 Å². The molecule has 0 aliphatic carbocycles. The fourth-order valence-corrected chi connectivity index (χ4v) is 2.14. The molecule has 106 valence electrons. The minimum Gasteiger partial charge on any atom is -0.338 e. The Morgan fingerprint density at radius 1 is 1.50 bits per heavy atom. The average molecular weight is 338 g/mol. The molecule has 0 unspecified atom stereocenters. The first-order chi connectivity index (χ1) is 9.65. The van der Waals surface area contributed by atoms with Crippen LogP contribution in [-0.2, 0) is 6.54 Å². The van der Waals surface area contributed by atoms with Crippen molar-refractivity contribution in [3.05, 3.63) is 40.8 Å². The van der Waals surface area contributed by atoms with Gasteiger partial charge in [-0.05, 0) is 47.0 Å². The van der Waals surface area contributed by atoms with Crippen molar-refractivity contribution in [3.8, 4) is 0 Å². The number of hydrogen-bond donors (Lipinski definition) is 2. The van der Waals surface area contributed by atoms with Crippen molar-refractivity contribution in [1.29, 1.82) is 0 Å². The third-order valence-electron chi connectivity index (χ3n) is 2.69. The van der Waals surface area contributed by atoms with E-state index in [2.05, 4.69) is 36.6 Å². The topological polar surface area (TPSA) is 71.8 Å². The van der Waals surface area contributed by atoms with Crippen LogP contribution in [0.4, 0.5) is 10.6 Å². The summed E-state index contributed by atoms with van der Waals surface area (Å²) in [4.78, 5) is 15.9. The zero-order chi connectivity index (χ0) is 14.4. The highest BCUT2D eigenvalue weighted by Gasteiger charge is 2.05. The second-order valence-electron chi connectivity index (χ2n) is 4.32. The zero-order valence-electron chi connectivity index (χ0n) is 11.1. The highest BCUT2D eigenvalue weighted by molar-refractivity contribution is 9.10. The Hall–Kier alpha value is -1.89. The minimum absolute atomic E-state index is 0.247. The summed E-state index contributed by atoms with van der Waals surface area (Å²) in [5, 5.41) is 9.61. The number of aromatic nitrogens is 3. The van der Waals surface area contributed by atoms with Crippen molar-refractivity contribution < 1.29 is 4.79 Å². The maximum absolute atomic E-state index is 11.7. The monoisotopic (exact) mass is 337 g/mol. The van der Waals surface area contributed by atoms with Crippen LogP contribution in [0, 0.1) is 6.92 Å². The van der Waals surface area contributed by atoms with Crippen LogP contribution in [0.2, 0.25) is 0 Å². The van der Waals surface area contributed by atoms with Gasteiger partial charge in [0.25, 0.3) is 0 Å². The summed E-state index contributed by atoms with van der Waals surface area (Å²) in [6, 6.07) is 3.53. The molecule has 0 bridgehead atoms. The molecule has 2 rings (SSSR count). The summed E-state index contributed by atoms with van der Waals surface area (Å²) in [6.45, 7) is 3.26. The summed E-state index contributed by atoms with van der Waals surface area (Å²) in [5.41, 5.74) is 0.908. The Morgan fingerprint density at radius 2 is 2.35 bits per heavy atom. The van der Waals surface area contributed by atoms with E-state index >= 15 is 0 Å². The maximum Gasteiger partial charge on any atom is 0.320 e. The van der Waals surface area contributed by atoms with Gasteiger partial charge in [-0.15, -0.1) is 0 Å². The first-order valence-electron chi connectivity index (χ1n) is 6.29. The summed E-state index contributed by atoms with van der Waals surface area (Å²) in [5.74, 6) is 0.567. The molecule has 0 saturated carbocycles. The molecule has 2 N–H and O–H groups in total. The maximum atomic E-state index is 11.7. The molecule has 6 nitrogen and oxygen atoms in total. The largest absolute Gasteiger partial charge is 0.338 e. The third kappa shape index (κ3) is 4.34. The molecule has 2 heterocycles. The zero-order valence-corrected chi connectivity index (χ0v) is 12.7. The smallest absolute Gasteiger partial charge is 0.320 e. The van der Waals surface area contributed by atoms with Gasteiger partial charge < -0.3 is 5.32 Å². The van der Waals surface area contributed by atoms with Crippen molar-refractivity contribution in [2.75, 3.05) is 11.9 Å². The summed E-state index contributed by atoms with van der Waals surface area (Å²) in [6.07, 6.45) is 6.11. The van der Waals surface area contributed by atoms with Crippen molar-refractivity contribution in [2.24, 2.45) is 0 Å². The number of aryl methyl sites for hydroxylation is 2. The van der Waals surface area contributed by atoms with E-state index in [1.54, 1.807) is 12.4 Å². The summed E-state index contributed by atoms with van der Waals surface area (Å²) in [7, 11) is 0. The fraction of sp³-hybridized carbons (Fsp3) is 0.308. The van der Waals surface area contributed by atoms with Crippen LogP contribution in [0.15, 0.2) is 35.2 Å². The van der Waals surface area contributed by atoms with E-state index in [0.717, 1.165) is 23.0 Å². The second kappa shape index (κ2) is 7.04. The fourth-order valence-electron chi connectivity index (χ4n) is 1.70. The average Bonchev–Trinajstić information content (AvgIpc) is 2.91. The highest BCUT2D eigenvalue weighted by atomic mass is 79.9. The standard InChI is InChI=1S/C13H16BrN5O/c1-10-8-11(14)9-16-12(10)18-13(20)15-4-2-6-19-7-3-5-17-19/h3,5,7-9H,2,4,6H2,1H3,(H2,15,16,18,20). The molecule has 2 amide bonds.